The quantitative estimate of drug-likeness (QED) is 0.588. The Labute approximate surface area is 144 Å². The number of carbonyl (C=O) groups is 1. The predicted molar refractivity (Wildman–Crippen MR) is 99.0 cm³/mol. The minimum atomic E-state index is -1.77. The molecule has 1 aliphatic rings. The van der Waals surface area contributed by atoms with Crippen LogP contribution in [-0.2, 0) is 14.0 Å². The fourth-order valence-corrected chi connectivity index (χ4v) is 4.20. The van der Waals surface area contributed by atoms with E-state index in [0.29, 0.717) is 5.92 Å². The highest BCUT2D eigenvalue weighted by molar-refractivity contribution is 6.74. The lowest BCUT2D eigenvalue weighted by atomic mass is 9.86. The summed E-state index contributed by atoms with van der Waals surface area (Å²) in [6.07, 6.45) is 5.61. The normalized spacial score (nSPS) is 21.3. The molecule has 134 valence electrons. The van der Waals surface area contributed by atoms with Gasteiger partial charge in [-0.15, -0.1) is 0 Å². The number of methoxy groups -OCH3 is 1. The number of hydrogen-bond donors (Lipinski definition) is 0. The minimum absolute atomic E-state index is 0.137. The molecule has 0 aliphatic heterocycles. The summed E-state index contributed by atoms with van der Waals surface area (Å²) in [7, 11) is -0.128. The number of hydrogen-bond acceptors (Lipinski definition) is 3. The lowest BCUT2D eigenvalue weighted by Crippen LogP contribution is -2.45. The van der Waals surface area contributed by atoms with Gasteiger partial charge in [0.25, 0.3) is 0 Å². The zero-order valence-electron chi connectivity index (χ0n) is 16.4. The maximum atomic E-state index is 12.2. The standard InChI is InChI=1S/C19H36O3Si/c1-14(2)18(22-23(7,8)19(3,4)5)12-10-15-9-11-16(21-6)13-17(15)20/h13-15,18H,9-12H2,1-8H3. The smallest absolute Gasteiger partial charge is 0.192 e. The summed E-state index contributed by atoms with van der Waals surface area (Å²) in [6, 6.07) is 0. The zero-order chi connectivity index (χ0) is 17.8. The van der Waals surface area contributed by atoms with Gasteiger partial charge in [0.05, 0.1) is 12.9 Å². The second-order valence-electron chi connectivity index (χ2n) is 8.69. The van der Waals surface area contributed by atoms with Crippen molar-refractivity contribution in [3.63, 3.8) is 0 Å². The highest BCUT2D eigenvalue weighted by Gasteiger charge is 2.39. The van der Waals surface area contributed by atoms with E-state index in [1.165, 1.54) is 0 Å². The first-order chi connectivity index (χ1) is 10.5. The van der Waals surface area contributed by atoms with Crippen molar-refractivity contribution in [3.8, 4) is 0 Å². The molecule has 2 atom stereocenters. The van der Waals surface area contributed by atoms with Gasteiger partial charge in [-0.1, -0.05) is 34.6 Å². The molecule has 0 spiro atoms. The van der Waals surface area contributed by atoms with Crippen molar-refractivity contribution in [3.05, 3.63) is 11.8 Å². The summed E-state index contributed by atoms with van der Waals surface area (Å²) < 4.78 is 11.8. The van der Waals surface area contributed by atoms with Crippen molar-refractivity contribution in [2.24, 2.45) is 11.8 Å². The molecular formula is C19H36O3Si. The molecule has 1 aliphatic carbocycles. The second-order valence-corrected chi connectivity index (χ2v) is 13.4. The molecule has 0 saturated heterocycles. The zero-order valence-corrected chi connectivity index (χ0v) is 17.4. The maximum Gasteiger partial charge on any atom is 0.192 e. The van der Waals surface area contributed by atoms with E-state index in [0.717, 1.165) is 31.4 Å². The first-order valence-electron chi connectivity index (χ1n) is 8.94. The van der Waals surface area contributed by atoms with Gasteiger partial charge in [0, 0.05) is 24.5 Å². The summed E-state index contributed by atoms with van der Waals surface area (Å²) in [5, 5.41) is 0.219. The molecule has 0 N–H and O–H groups in total. The van der Waals surface area contributed by atoms with Crippen molar-refractivity contribution in [1.29, 1.82) is 0 Å². The van der Waals surface area contributed by atoms with Gasteiger partial charge in [-0.25, -0.2) is 0 Å². The van der Waals surface area contributed by atoms with Gasteiger partial charge in [0.2, 0.25) is 0 Å². The molecule has 23 heavy (non-hydrogen) atoms. The highest BCUT2D eigenvalue weighted by atomic mass is 28.4. The Morgan fingerprint density at radius 3 is 2.35 bits per heavy atom. The number of carbonyl (C=O) groups excluding carboxylic acids is 1. The van der Waals surface area contributed by atoms with Crippen LogP contribution in [0.5, 0.6) is 0 Å². The van der Waals surface area contributed by atoms with Gasteiger partial charge in [-0.2, -0.15) is 0 Å². The number of ketones is 1. The van der Waals surface area contributed by atoms with Crippen LogP contribution < -0.4 is 0 Å². The molecule has 0 aromatic carbocycles. The molecule has 3 nitrogen and oxygen atoms in total. The second kappa shape index (κ2) is 7.97. The van der Waals surface area contributed by atoms with Crippen LogP contribution in [0.4, 0.5) is 0 Å². The third kappa shape index (κ3) is 5.75. The molecule has 2 unspecified atom stereocenters. The lowest BCUT2D eigenvalue weighted by Gasteiger charge is -2.40. The molecular weight excluding hydrogens is 304 g/mol. The van der Waals surface area contributed by atoms with Crippen LogP contribution in [-0.4, -0.2) is 27.3 Å². The van der Waals surface area contributed by atoms with Crippen LogP contribution in [0.3, 0.4) is 0 Å². The summed E-state index contributed by atoms with van der Waals surface area (Å²) in [6.45, 7) is 15.9. The Kier molecular flexibility index (Phi) is 7.08. The fourth-order valence-electron chi connectivity index (χ4n) is 2.70. The monoisotopic (exact) mass is 340 g/mol. The molecule has 4 heteroatoms. The third-order valence-electron chi connectivity index (χ3n) is 5.50. The van der Waals surface area contributed by atoms with Gasteiger partial charge >= 0.3 is 0 Å². The topological polar surface area (TPSA) is 35.5 Å². The summed E-state index contributed by atoms with van der Waals surface area (Å²) in [5.74, 6) is 1.66. The van der Waals surface area contributed by atoms with E-state index in [4.69, 9.17) is 9.16 Å². The van der Waals surface area contributed by atoms with E-state index in [1.54, 1.807) is 13.2 Å². The van der Waals surface area contributed by atoms with Crippen molar-refractivity contribution >= 4 is 14.1 Å². The summed E-state index contributed by atoms with van der Waals surface area (Å²) in [5.41, 5.74) is 0. The molecule has 0 aromatic heterocycles. The van der Waals surface area contributed by atoms with Crippen molar-refractivity contribution in [1.82, 2.24) is 0 Å². The Balaban J connectivity index is 2.65. The van der Waals surface area contributed by atoms with Crippen LogP contribution in [0, 0.1) is 11.8 Å². The van der Waals surface area contributed by atoms with Crippen LogP contribution in [0.15, 0.2) is 11.8 Å². The van der Waals surface area contributed by atoms with Gasteiger partial charge in [0.15, 0.2) is 14.1 Å². The average Bonchev–Trinajstić information content (AvgIpc) is 2.42. The van der Waals surface area contributed by atoms with E-state index in [2.05, 4.69) is 47.7 Å². The molecule has 0 saturated carbocycles. The third-order valence-corrected chi connectivity index (χ3v) is 10.0. The molecule has 1 rings (SSSR count). The predicted octanol–water partition coefficient (Wildman–Crippen LogP) is 5.32. The van der Waals surface area contributed by atoms with E-state index in [9.17, 15) is 4.79 Å². The van der Waals surface area contributed by atoms with Crippen LogP contribution in [0.25, 0.3) is 0 Å². The number of allylic oxidation sites excluding steroid dienone is 2. The first kappa shape index (κ1) is 20.4. The molecule has 0 radical (unpaired) electrons. The highest BCUT2D eigenvalue weighted by Crippen LogP contribution is 2.39. The van der Waals surface area contributed by atoms with E-state index in [1.807, 2.05) is 0 Å². The van der Waals surface area contributed by atoms with Crippen molar-refractivity contribution in [2.75, 3.05) is 7.11 Å². The Bertz CT molecular complexity index is 432. The Hall–Kier alpha value is -0.613. The van der Waals surface area contributed by atoms with Gasteiger partial charge in [0.1, 0.15) is 0 Å². The van der Waals surface area contributed by atoms with Crippen LogP contribution in [0.1, 0.15) is 60.3 Å². The summed E-state index contributed by atoms with van der Waals surface area (Å²) in [4.78, 5) is 12.2. The molecule has 0 amide bonds. The molecule has 0 heterocycles. The Morgan fingerprint density at radius 2 is 1.91 bits per heavy atom. The number of rotatable bonds is 7. The van der Waals surface area contributed by atoms with E-state index >= 15 is 0 Å². The molecule has 0 bridgehead atoms. The summed E-state index contributed by atoms with van der Waals surface area (Å²) >= 11 is 0. The van der Waals surface area contributed by atoms with Gasteiger partial charge in [-0.3, -0.25) is 4.79 Å². The first-order valence-corrected chi connectivity index (χ1v) is 11.8. The SMILES string of the molecule is COC1=CC(=O)C(CCC(O[Si](C)(C)C(C)(C)C)C(C)C)CC1. The lowest BCUT2D eigenvalue weighted by molar-refractivity contribution is -0.119. The largest absolute Gasteiger partial charge is 0.501 e. The van der Waals surface area contributed by atoms with Gasteiger partial charge in [-0.05, 0) is 43.3 Å². The molecule has 0 fully saturated rings. The van der Waals surface area contributed by atoms with Crippen molar-refractivity contribution in [2.45, 2.75) is 84.5 Å². The fraction of sp³-hybridized carbons (Fsp3) is 0.842. The Morgan fingerprint density at radius 1 is 1.30 bits per heavy atom. The molecule has 0 aromatic rings. The van der Waals surface area contributed by atoms with E-state index < -0.39 is 8.32 Å². The van der Waals surface area contributed by atoms with E-state index in [-0.39, 0.29) is 22.8 Å². The minimum Gasteiger partial charge on any atom is -0.501 e. The van der Waals surface area contributed by atoms with Crippen LogP contribution >= 0.6 is 0 Å². The van der Waals surface area contributed by atoms with Crippen molar-refractivity contribution < 1.29 is 14.0 Å². The number of ether oxygens (including phenoxy) is 1. The maximum absolute atomic E-state index is 12.2. The van der Waals surface area contributed by atoms with Gasteiger partial charge < -0.3 is 9.16 Å². The van der Waals surface area contributed by atoms with Crippen LogP contribution in [0.2, 0.25) is 18.1 Å². The average molecular weight is 341 g/mol.